The molecule has 5 nitrogen and oxygen atoms in total. The zero-order valence-electron chi connectivity index (χ0n) is 25.7. The normalized spacial score (nSPS) is 11.8. The second-order valence-corrected chi connectivity index (χ2v) is 12.1. The molecule has 0 amide bonds. The van der Waals surface area contributed by atoms with Gasteiger partial charge in [0.25, 0.3) is 0 Å². The van der Waals surface area contributed by atoms with E-state index in [0.29, 0.717) is 17.6 Å². The molecule has 0 atom stereocenters. The predicted octanol–water partition coefficient (Wildman–Crippen LogP) is 11.0. The molecule has 0 bridgehead atoms. The number of nitrogens with zero attached hydrogens (tertiary/aromatic N) is 4. The van der Waals surface area contributed by atoms with Gasteiger partial charge in [0.15, 0.2) is 11.6 Å². The van der Waals surface area contributed by atoms with Gasteiger partial charge in [0.05, 0.1) is 11.0 Å². The Bertz CT molecular complexity index is 2790. The van der Waals surface area contributed by atoms with Crippen molar-refractivity contribution in [2.75, 3.05) is 0 Å². The fourth-order valence-corrected chi connectivity index (χ4v) is 7.01. The molecule has 0 radical (unpaired) electrons. The molecule has 0 saturated heterocycles. The maximum Gasteiger partial charge on any atom is 0.238 e. The molecule has 10 rings (SSSR count). The summed E-state index contributed by atoms with van der Waals surface area (Å²) < 4.78 is 8.57. The molecule has 3 heterocycles. The second kappa shape index (κ2) is 10.5. The summed E-state index contributed by atoms with van der Waals surface area (Å²) in [5, 5.41) is 6.83. The Balaban J connectivity index is 1.16. The third-order valence-electron chi connectivity index (χ3n) is 9.27. The molecule has 0 aliphatic carbocycles. The van der Waals surface area contributed by atoms with Crippen LogP contribution in [0.5, 0.6) is 0 Å². The van der Waals surface area contributed by atoms with Crippen LogP contribution >= 0.6 is 0 Å². The van der Waals surface area contributed by atoms with Crippen molar-refractivity contribution < 1.29 is 4.42 Å². The SMILES string of the molecule is c1ccc(-c2nc(-c3ccc4oc5cc(-c6cccc7ccccc67)ccc5c4c3)nc(-n3c4ccccc4c4ccccc43)n2)cc1. The van der Waals surface area contributed by atoms with Gasteiger partial charge in [-0.05, 0) is 64.4 Å². The van der Waals surface area contributed by atoms with Gasteiger partial charge >= 0.3 is 0 Å². The largest absolute Gasteiger partial charge is 0.456 e. The summed E-state index contributed by atoms with van der Waals surface area (Å²) in [4.78, 5) is 15.2. The van der Waals surface area contributed by atoms with E-state index in [2.05, 4.69) is 120 Å². The Hall–Kier alpha value is -6.59. The number of hydrogen-bond donors (Lipinski definition) is 0. The van der Waals surface area contributed by atoms with Gasteiger partial charge in [0.2, 0.25) is 5.95 Å². The van der Waals surface area contributed by atoms with Gasteiger partial charge in [-0.15, -0.1) is 0 Å². The van der Waals surface area contributed by atoms with Gasteiger partial charge in [-0.2, -0.15) is 9.97 Å². The maximum atomic E-state index is 6.43. The first-order valence-electron chi connectivity index (χ1n) is 16.0. The van der Waals surface area contributed by atoms with Crippen molar-refractivity contribution in [3.63, 3.8) is 0 Å². The molecule has 0 spiro atoms. The second-order valence-electron chi connectivity index (χ2n) is 12.1. The van der Waals surface area contributed by atoms with E-state index in [1.807, 2.05) is 42.5 Å². The van der Waals surface area contributed by atoms with Crippen LogP contribution in [0.4, 0.5) is 0 Å². The first-order valence-corrected chi connectivity index (χ1v) is 16.0. The molecule has 10 aromatic rings. The van der Waals surface area contributed by atoms with Crippen LogP contribution in [-0.4, -0.2) is 19.5 Å². The summed E-state index contributed by atoms with van der Waals surface area (Å²) in [6.45, 7) is 0. The van der Waals surface area contributed by atoms with E-state index in [-0.39, 0.29) is 0 Å². The monoisotopic (exact) mass is 614 g/mol. The van der Waals surface area contributed by atoms with Crippen LogP contribution in [0.25, 0.3) is 94.4 Å². The summed E-state index contributed by atoms with van der Waals surface area (Å²) in [5.41, 5.74) is 7.90. The van der Waals surface area contributed by atoms with E-state index in [1.165, 1.54) is 16.3 Å². The fourth-order valence-electron chi connectivity index (χ4n) is 7.01. The lowest BCUT2D eigenvalue weighted by Crippen LogP contribution is -2.06. The first-order chi connectivity index (χ1) is 23.8. The molecule has 0 aliphatic rings. The van der Waals surface area contributed by atoms with Crippen LogP contribution < -0.4 is 0 Å². The van der Waals surface area contributed by atoms with Crippen LogP contribution in [0.2, 0.25) is 0 Å². The smallest absolute Gasteiger partial charge is 0.238 e. The van der Waals surface area contributed by atoms with Gasteiger partial charge in [-0.3, -0.25) is 4.57 Å². The number of aromatic nitrogens is 4. The average molecular weight is 615 g/mol. The molecule has 0 unspecified atom stereocenters. The van der Waals surface area contributed by atoms with Gasteiger partial charge < -0.3 is 4.42 Å². The minimum atomic E-state index is 0.577. The predicted molar refractivity (Wildman–Crippen MR) is 195 cm³/mol. The van der Waals surface area contributed by atoms with Crippen molar-refractivity contribution in [3.8, 4) is 39.9 Å². The number of hydrogen-bond acceptors (Lipinski definition) is 4. The Labute approximate surface area is 275 Å². The average Bonchev–Trinajstić information content (AvgIpc) is 3.70. The van der Waals surface area contributed by atoms with E-state index < -0.39 is 0 Å². The van der Waals surface area contributed by atoms with E-state index in [9.17, 15) is 0 Å². The highest BCUT2D eigenvalue weighted by atomic mass is 16.3. The number of benzene rings is 7. The Morgan fingerprint density at radius 2 is 1.04 bits per heavy atom. The summed E-state index contributed by atoms with van der Waals surface area (Å²) in [5.74, 6) is 1.80. The standard InChI is InChI=1S/C43H26N4O/c1-2-12-28(13-3-1)41-44-42(46-43(45-41)47-37-19-8-6-16-33(37)34-17-7-9-20-38(34)47)30-22-24-39-36(25-30)35-23-21-29(26-40(35)48-39)32-18-10-14-27-11-4-5-15-31(27)32/h1-26H. The van der Waals surface area contributed by atoms with Crippen LogP contribution in [0.1, 0.15) is 0 Å². The first kappa shape index (κ1) is 26.6. The van der Waals surface area contributed by atoms with Crippen LogP contribution in [0, 0.1) is 0 Å². The fraction of sp³-hybridized carbons (Fsp3) is 0. The lowest BCUT2D eigenvalue weighted by molar-refractivity contribution is 0.669. The van der Waals surface area contributed by atoms with Gasteiger partial charge in [0.1, 0.15) is 11.2 Å². The number of rotatable bonds is 4. The molecule has 3 aromatic heterocycles. The minimum absolute atomic E-state index is 0.577. The van der Waals surface area contributed by atoms with E-state index in [4.69, 9.17) is 19.4 Å². The molecule has 224 valence electrons. The van der Waals surface area contributed by atoms with Gasteiger partial charge in [-0.1, -0.05) is 115 Å². The highest BCUT2D eigenvalue weighted by Crippen LogP contribution is 2.37. The third-order valence-corrected chi connectivity index (χ3v) is 9.27. The van der Waals surface area contributed by atoms with Crippen LogP contribution in [0.15, 0.2) is 162 Å². The zero-order valence-corrected chi connectivity index (χ0v) is 25.7. The van der Waals surface area contributed by atoms with E-state index in [1.54, 1.807) is 0 Å². The van der Waals surface area contributed by atoms with E-state index in [0.717, 1.165) is 60.4 Å². The van der Waals surface area contributed by atoms with Crippen molar-refractivity contribution >= 4 is 54.5 Å². The zero-order chi connectivity index (χ0) is 31.6. The van der Waals surface area contributed by atoms with Gasteiger partial charge in [-0.25, -0.2) is 4.98 Å². The Kier molecular flexibility index (Phi) is 5.81. The summed E-state index contributed by atoms with van der Waals surface area (Å²) in [7, 11) is 0. The Morgan fingerprint density at radius 3 is 1.83 bits per heavy atom. The molecule has 0 saturated carbocycles. The summed E-state index contributed by atoms with van der Waals surface area (Å²) in [6.07, 6.45) is 0. The molecule has 0 aliphatic heterocycles. The summed E-state index contributed by atoms with van der Waals surface area (Å²) in [6, 6.07) is 54.5. The minimum Gasteiger partial charge on any atom is -0.456 e. The molecular weight excluding hydrogens is 589 g/mol. The molecular formula is C43H26N4O. The highest BCUT2D eigenvalue weighted by Gasteiger charge is 2.18. The van der Waals surface area contributed by atoms with Crippen LogP contribution in [-0.2, 0) is 0 Å². The lowest BCUT2D eigenvalue weighted by atomic mass is 9.97. The molecule has 7 aromatic carbocycles. The van der Waals surface area contributed by atoms with Crippen LogP contribution in [0.3, 0.4) is 0 Å². The highest BCUT2D eigenvalue weighted by molar-refractivity contribution is 6.10. The van der Waals surface area contributed by atoms with Crippen molar-refractivity contribution in [2.24, 2.45) is 0 Å². The van der Waals surface area contributed by atoms with Gasteiger partial charge in [0, 0.05) is 32.7 Å². The Morgan fingerprint density at radius 1 is 0.396 bits per heavy atom. The van der Waals surface area contributed by atoms with E-state index >= 15 is 0 Å². The molecule has 0 fully saturated rings. The molecule has 0 N–H and O–H groups in total. The maximum absolute atomic E-state index is 6.43. The van der Waals surface area contributed by atoms with Crippen molar-refractivity contribution in [3.05, 3.63) is 158 Å². The number of para-hydroxylation sites is 2. The lowest BCUT2D eigenvalue weighted by Gasteiger charge is -2.11. The number of fused-ring (bicyclic) bond motifs is 7. The van der Waals surface area contributed by atoms with Crippen molar-refractivity contribution in [1.29, 1.82) is 0 Å². The van der Waals surface area contributed by atoms with Crippen molar-refractivity contribution in [1.82, 2.24) is 19.5 Å². The summed E-state index contributed by atoms with van der Waals surface area (Å²) >= 11 is 0. The number of furan rings is 1. The quantitative estimate of drug-likeness (QED) is 0.198. The van der Waals surface area contributed by atoms with Crippen molar-refractivity contribution in [2.45, 2.75) is 0 Å². The third kappa shape index (κ3) is 4.15. The topological polar surface area (TPSA) is 56.7 Å². The molecule has 48 heavy (non-hydrogen) atoms. The molecule has 5 heteroatoms.